The van der Waals surface area contributed by atoms with Crippen molar-refractivity contribution >= 4 is 54.1 Å². The van der Waals surface area contributed by atoms with Gasteiger partial charge in [-0.1, -0.05) is 18.2 Å². The summed E-state index contributed by atoms with van der Waals surface area (Å²) in [5.41, 5.74) is 3.30. The Hall–Kier alpha value is -4.40. The third kappa shape index (κ3) is 9.39. The summed E-state index contributed by atoms with van der Waals surface area (Å²) in [6.07, 6.45) is 7.27. The molecule has 0 bridgehead atoms. The number of rotatable bonds is 13. The molecule has 2 aromatic carbocycles. The van der Waals surface area contributed by atoms with Gasteiger partial charge in [0.1, 0.15) is 33.0 Å². The molecule has 4 aromatic rings. The number of ether oxygens (including phenoxy) is 2. The van der Waals surface area contributed by atoms with Crippen molar-refractivity contribution in [2.24, 2.45) is 0 Å². The zero-order valence-electron chi connectivity index (χ0n) is 32.2. The molecular formula is C39H44F3N7O6S3. The summed E-state index contributed by atoms with van der Waals surface area (Å²) in [6, 6.07) is 6.83. The van der Waals surface area contributed by atoms with E-state index in [2.05, 4.69) is 24.8 Å². The number of allylic oxidation sites excluding steroid dienone is 2. The zero-order valence-corrected chi connectivity index (χ0v) is 34.6. The number of sulfone groups is 1. The van der Waals surface area contributed by atoms with Gasteiger partial charge >= 0.3 is 0 Å². The van der Waals surface area contributed by atoms with Gasteiger partial charge in [-0.3, -0.25) is 4.90 Å². The van der Waals surface area contributed by atoms with E-state index < -0.39 is 48.3 Å². The molecule has 2 saturated heterocycles. The second kappa shape index (κ2) is 17.4. The first-order valence-corrected chi connectivity index (χ1v) is 23.1. The summed E-state index contributed by atoms with van der Waals surface area (Å²) in [5.74, 6) is -2.47. The molecule has 0 spiro atoms. The third-order valence-corrected chi connectivity index (χ3v) is 14.0. The molecule has 58 heavy (non-hydrogen) atoms. The monoisotopic (exact) mass is 859 g/mol. The minimum absolute atomic E-state index is 0.0229. The van der Waals surface area contributed by atoms with Crippen molar-refractivity contribution in [2.45, 2.75) is 43.0 Å². The fraction of sp³-hybridized carbons (Fsp3) is 0.410. The molecule has 13 nitrogen and oxygen atoms in total. The number of nitrogens with zero attached hydrogens (tertiary/aromatic N) is 5. The van der Waals surface area contributed by atoms with E-state index in [9.17, 15) is 25.6 Å². The van der Waals surface area contributed by atoms with E-state index in [1.165, 1.54) is 23.7 Å². The fourth-order valence-corrected chi connectivity index (χ4v) is 10.4. The van der Waals surface area contributed by atoms with Gasteiger partial charge < -0.3 is 19.7 Å². The van der Waals surface area contributed by atoms with Crippen LogP contribution in [0.1, 0.15) is 41.4 Å². The van der Waals surface area contributed by atoms with E-state index in [1.54, 1.807) is 25.4 Å². The number of halogens is 3. The van der Waals surface area contributed by atoms with Crippen LogP contribution >= 0.6 is 11.3 Å². The molecule has 1 unspecified atom stereocenters. The van der Waals surface area contributed by atoms with Gasteiger partial charge in [-0.2, -0.15) is 0 Å². The molecule has 4 heterocycles. The van der Waals surface area contributed by atoms with Crippen LogP contribution in [0.4, 0.5) is 30.5 Å². The van der Waals surface area contributed by atoms with Crippen LogP contribution in [-0.4, -0.2) is 108 Å². The number of hydrogen-bond donors (Lipinski definition) is 2. The number of thiazole rings is 1. The molecule has 3 aliphatic rings. The van der Waals surface area contributed by atoms with Crippen molar-refractivity contribution in [1.29, 1.82) is 0 Å². The maximum Gasteiger partial charge on any atom is 0.247 e. The molecule has 2 aliphatic heterocycles. The molecule has 0 saturated carbocycles. The highest BCUT2D eigenvalue weighted by molar-refractivity contribution is 7.90. The molecular weight excluding hydrogens is 816 g/mol. The number of benzene rings is 2. The van der Waals surface area contributed by atoms with E-state index in [0.29, 0.717) is 54.6 Å². The summed E-state index contributed by atoms with van der Waals surface area (Å²) in [5, 5.41) is 4.02. The normalized spacial score (nSPS) is 18.5. The predicted octanol–water partition coefficient (Wildman–Crippen LogP) is 5.99. The largest absolute Gasteiger partial charge is 0.494 e. The molecule has 2 N–H and O–H groups in total. The topological polar surface area (TPSA) is 156 Å². The van der Waals surface area contributed by atoms with Crippen LogP contribution in [0.5, 0.6) is 5.75 Å². The maximum absolute atomic E-state index is 16.5. The molecule has 19 heteroatoms. The Labute approximate surface area is 340 Å². The Morgan fingerprint density at radius 2 is 1.72 bits per heavy atom. The Morgan fingerprint density at radius 1 is 1.00 bits per heavy atom. The van der Waals surface area contributed by atoms with Crippen molar-refractivity contribution in [3.8, 4) is 16.3 Å². The van der Waals surface area contributed by atoms with Crippen molar-refractivity contribution in [3.05, 3.63) is 88.5 Å². The molecule has 1 aliphatic carbocycles. The van der Waals surface area contributed by atoms with Gasteiger partial charge in [0.25, 0.3) is 0 Å². The van der Waals surface area contributed by atoms with Gasteiger partial charge in [-0.05, 0) is 56.0 Å². The van der Waals surface area contributed by atoms with E-state index in [4.69, 9.17) is 19.4 Å². The predicted molar refractivity (Wildman–Crippen MR) is 218 cm³/mol. The number of aryl methyl sites for hydroxylation is 1. The lowest BCUT2D eigenvalue weighted by atomic mass is 9.98. The summed E-state index contributed by atoms with van der Waals surface area (Å²) in [6.45, 7) is 6.50. The van der Waals surface area contributed by atoms with Crippen LogP contribution in [0, 0.1) is 18.6 Å². The van der Waals surface area contributed by atoms with E-state index in [1.807, 2.05) is 19.1 Å². The summed E-state index contributed by atoms with van der Waals surface area (Å²) >= 11 is 1.36. The minimum Gasteiger partial charge on any atom is -0.494 e. The third-order valence-electron chi connectivity index (χ3n) is 10.3. The maximum atomic E-state index is 16.5. The minimum atomic E-state index is -4.80. The van der Waals surface area contributed by atoms with Crippen LogP contribution in [0.25, 0.3) is 16.1 Å². The molecule has 0 amide bonds. The van der Waals surface area contributed by atoms with Crippen LogP contribution in [0.2, 0.25) is 0 Å². The highest BCUT2D eigenvalue weighted by Gasteiger charge is 2.33. The van der Waals surface area contributed by atoms with Crippen LogP contribution < -0.4 is 19.7 Å². The Bertz CT molecular complexity index is 2430. The Balaban J connectivity index is 1.17. The van der Waals surface area contributed by atoms with Crippen LogP contribution in [0.15, 0.2) is 65.5 Å². The molecule has 2 fully saturated rings. The summed E-state index contributed by atoms with van der Waals surface area (Å²) in [7, 11) is -6.27. The summed E-state index contributed by atoms with van der Waals surface area (Å²) in [4.78, 5) is 17.9. The highest BCUT2D eigenvalue weighted by Crippen LogP contribution is 2.42. The van der Waals surface area contributed by atoms with Gasteiger partial charge in [0.2, 0.25) is 16.0 Å². The SMILES string of the molecule is COc1cc(N2CCN(CCS(C)(=O)=O)CC2)c(C)cc1Nc1nccc(-c2sc(C3CCOCC3)nc2C2=C(F)C(NS(=O)(=O)c3c(F)cccc3F)CC=C2)n1. The standard InChI is InChI=1S/C39H44F3N7O6S3/c1-24-22-31(33(54-2)23-32(24)49-16-14-48(15-17-49)18-21-57(3,50)51)45-39-43-13-10-30(44-39)36-35(46-38(56-36)25-11-19-55-20-12-25)26-6-4-9-29(34(26)42)47-58(52,53)37-27(40)7-5-8-28(37)41/h4-8,10,13,22-23,25,29,47H,9,11-12,14-21H2,1-3H3,(H,43,44,45). The summed E-state index contributed by atoms with van der Waals surface area (Å²) < 4.78 is 109. The van der Waals surface area contributed by atoms with Crippen molar-refractivity contribution in [2.75, 3.05) is 75.3 Å². The lowest BCUT2D eigenvalue weighted by Gasteiger charge is -2.37. The fourth-order valence-electron chi connectivity index (χ4n) is 7.24. The molecule has 2 aromatic heterocycles. The smallest absolute Gasteiger partial charge is 0.247 e. The van der Waals surface area contributed by atoms with Crippen molar-refractivity contribution < 1.29 is 39.5 Å². The van der Waals surface area contributed by atoms with Crippen molar-refractivity contribution in [1.82, 2.24) is 24.6 Å². The number of methoxy groups -OCH3 is 1. The molecule has 1 atom stereocenters. The van der Waals surface area contributed by atoms with Crippen LogP contribution in [-0.2, 0) is 24.6 Å². The van der Waals surface area contributed by atoms with Crippen LogP contribution in [0.3, 0.4) is 0 Å². The number of anilines is 3. The van der Waals surface area contributed by atoms with Gasteiger partial charge in [-0.15, -0.1) is 11.3 Å². The second-order valence-corrected chi connectivity index (χ2v) is 19.4. The van der Waals surface area contributed by atoms with E-state index in [0.717, 1.165) is 60.6 Å². The first-order chi connectivity index (χ1) is 27.7. The highest BCUT2D eigenvalue weighted by atomic mass is 32.2. The lowest BCUT2D eigenvalue weighted by molar-refractivity contribution is 0.0852. The second-order valence-electron chi connectivity index (χ2n) is 14.4. The van der Waals surface area contributed by atoms with E-state index in [-0.39, 0.29) is 35.3 Å². The molecule has 310 valence electrons. The van der Waals surface area contributed by atoms with Gasteiger partial charge in [0.05, 0.1) is 45.9 Å². The van der Waals surface area contributed by atoms with Gasteiger partial charge in [-0.25, -0.2) is 49.7 Å². The van der Waals surface area contributed by atoms with Gasteiger partial charge in [0, 0.05) is 81.6 Å². The van der Waals surface area contributed by atoms with Crippen molar-refractivity contribution in [3.63, 3.8) is 0 Å². The molecule has 0 radical (unpaired) electrons. The number of hydrogen-bond acceptors (Lipinski definition) is 13. The number of nitrogens with one attached hydrogen (secondary N) is 2. The number of piperazine rings is 1. The number of aromatic nitrogens is 3. The Kier molecular flexibility index (Phi) is 12.6. The first kappa shape index (κ1) is 41.7. The van der Waals surface area contributed by atoms with E-state index >= 15 is 4.39 Å². The first-order valence-electron chi connectivity index (χ1n) is 18.8. The zero-order chi connectivity index (χ0) is 41.2. The lowest BCUT2D eigenvalue weighted by Crippen LogP contribution is -2.47. The molecule has 7 rings (SSSR count). The average molecular weight is 860 g/mol. The van der Waals surface area contributed by atoms with Gasteiger partial charge in [0.15, 0.2) is 4.90 Å². The quantitative estimate of drug-likeness (QED) is 0.162. The number of sulfonamides is 1. The average Bonchev–Trinajstić information content (AvgIpc) is 3.64. The Morgan fingerprint density at radius 3 is 2.41 bits per heavy atom.